The molecule has 1 aromatic rings. The predicted octanol–water partition coefficient (Wildman–Crippen LogP) is 3.07. The van der Waals surface area contributed by atoms with E-state index in [2.05, 4.69) is 40.1 Å². The number of likely N-dealkylation sites (tertiary alicyclic amines) is 2. The summed E-state index contributed by atoms with van der Waals surface area (Å²) in [6, 6.07) is 11.7. The summed E-state index contributed by atoms with van der Waals surface area (Å²) in [5.74, 6) is 0.593. The van der Waals surface area contributed by atoms with Crippen LogP contribution < -0.4 is 0 Å². The predicted molar refractivity (Wildman–Crippen MR) is 98.2 cm³/mol. The molecule has 0 aliphatic carbocycles. The first-order valence-electron chi connectivity index (χ1n) is 9.99. The number of rotatable bonds is 4. The molecule has 3 saturated heterocycles. The Hall–Kier alpha value is -1.39. The number of benzene rings is 1. The third kappa shape index (κ3) is 3.75. The van der Waals surface area contributed by atoms with Crippen LogP contribution in [0.25, 0.3) is 0 Å². The van der Waals surface area contributed by atoms with E-state index >= 15 is 0 Å². The zero-order chi connectivity index (χ0) is 17.1. The molecular weight excluding hydrogens is 312 g/mol. The maximum absolute atomic E-state index is 13.1. The normalized spacial score (nSPS) is 28.6. The van der Waals surface area contributed by atoms with Gasteiger partial charge in [-0.15, -0.1) is 0 Å². The van der Waals surface area contributed by atoms with Gasteiger partial charge in [-0.05, 0) is 50.6 Å². The standard InChI is InChI=1S/C21H30N2O2/c24-21(18-10-14-25-15-11-18)23-13-5-9-20(23)19-8-4-12-22(19)16-17-6-2-1-3-7-17/h1-3,6-7,18-20H,4-5,8-16H2/t19-,20+/m1/s1. The van der Waals surface area contributed by atoms with Crippen molar-refractivity contribution in [3.8, 4) is 0 Å². The third-order valence-electron chi connectivity index (χ3n) is 6.24. The lowest BCUT2D eigenvalue weighted by Gasteiger charge is -2.37. The smallest absolute Gasteiger partial charge is 0.226 e. The van der Waals surface area contributed by atoms with Crippen LogP contribution in [0.1, 0.15) is 44.1 Å². The van der Waals surface area contributed by atoms with E-state index in [9.17, 15) is 4.79 Å². The number of hydrogen-bond acceptors (Lipinski definition) is 3. The van der Waals surface area contributed by atoms with Crippen molar-refractivity contribution in [3.05, 3.63) is 35.9 Å². The van der Waals surface area contributed by atoms with Gasteiger partial charge in [0.15, 0.2) is 0 Å². The second kappa shape index (κ2) is 7.88. The average Bonchev–Trinajstić information content (AvgIpc) is 3.31. The van der Waals surface area contributed by atoms with Crippen LogP contribution in [0.4, 0.5) is 0 Å². The molecule has 0 spiro atoms. The van der Waals surface area contributed by atoms with E-state index in [0.717, 1.165) is 52.1 Å². The largest absolute Gasteiger partial charge is 0.381 e. The Labute approximate surface area is 151 Å². The van der Waals surface area contributed by atoms with Gasteiger partial charge >= 0.3 is 0 Å². The molecule has 1 aromatic carbocycles. The van der Waals surface area contributed by atoms with Crippen molar-refractivity contribution < 1.29 is 9.53 Å². The number of carbonyl (C=O) groups excluding carboxylic acids is 1. The van der Waals surface area contributed by atoms with E-state index in [1.54, 1.807) is 0 Å². The van der Waals surface area contributed by atoms with Crippen LogP contribution in [0.5, 0.6) is 0 Å². The van der Waals surface area contributed by atoms with Gasteiger partial charge in [0.25, 0.3) is 0 Å². The maximum Gasteiger partial charge on any atom is 0.226 e. The van der Waals surface area contributed by atoms with Gasteiger partial charge in [0, 0.05) is 44.3 Å². The molecule has 3 fully saturated rings. The Morgan fingerprint density at radius 3 is 2.48 bits per heavy atom. The first-order valence-corrected chi connectivity index (χ1v) is 9.99. The summed E-state index contributed by atoms with van der Waals surface area (Å²) in [7, 11) is 0. The fraction of sp³-hybridized carbons (Fsp3) is 0.667. The number of nitrogens with zero attached hydrogens (tertiary/aromatic N) is 2. The van der Waals surface area contributed by atoms with Crippen molar-refractivity contribution in [1.29, 1.82) is 0 Å². The molecule has 3 heterocycles. The lowest BCUT2D eigenvalue weighted by molar-refractivity contribution is -0.140. The molecule has 1 amide bonds. The average molecular weight is 342 g/mol. The summed E-state index contributed by atoms with van der Waals surface area (Å²) < 4.78 is 5.44. The lowest BCUT2D eigenvalue weighted by atomic mass is 9.96. The molecule has 4 nitrogen and oxygen atoms in total. The molecule has 136 valence electrons. The van der Waals surface area contributed by atoms with Crippen LogP contribution >= 0.6 is 0 Å². The topological polar surface area (TPSA) is 32.8 Å². The Bertz CT molecular complexity index is 571. The molecule has 4 heteroatoms. The van der Waals surface area contributed by atoms with Gasteiger partial charge in [0.2, 0.25) is 5.91 Å². The first-order chi connectivity index (χ1) is 12.3. The molecule has 25 heavy (non-hydrogen) atoms. The van der Waals surface area contributed by atoms with Crippen LogP contribution in [0.3, 0.4) is 0 Å². The number of carbonyl (C=O) groups is 1. The fourth-order valence-corrected chi connectivity index (χ4v) is 4.95. The fourth-order valence-electron chi connectivity index (χ4n) is 4.95. The highest BCUT2D eigenvalue weighted by Crippen LogP contribution is 2.33. The van der Waals surface area contributed by atoms with Crippen LogP contribution in [-0.4, -0.2) is 54.1 Å². The summed E-state index contributed by atoms with van der Waals surface area (Å²) in [5.41, 5.74) is 1.38. The van der Waals surface area contributed by atoms with Crippen LogP contribution in [-0.2, 0) is 16.1 Å². The number of hydrogen-bond donors (Lipinski definition) is 0. The molecule has 0 unspecified atom stereocenters. The van der Waals surface area contributed by atoms with Gasteiger partial charge in [-0.3, -0.25) is 9.69 Å². The Kier molecular flexibility index (Phi) is 5.37. The summed E-state index contributed by atoms with van der Waals surface area (Å²) in [4.78, 5) is 17.9. The molecule has 2 atom stereocenters. The van der Waals surface area contributed by atoms with E-state index in [1.807, 2.05) is 0 Å². The summed E-state index contributed by atoms with van der Waals surface area (Å²) in [6.07, 6.45) is 6.63. The van der Waals surface area contributed by atoms with Gasteiger partial charge in [-0.25, -0.2) is 0 Å². The van der Waals surface area contributed by atoms with Crippen molar-refractivity contribution in [2.24, 2.45) is 5.92 Å². The van der Waals surface area contributed by atoms with Crippen LogP contribution in [0.2, 0.25) is 0 Å². The number of amides is 1. The van der Waals surface area contributed by atoms with Gasteiger partial charge < -0.3 is 9.64 Å². The Balaban J connectivity index is 1.44. The van der Waals surface area contributed by atoms with Crippen molar-refractivity contribution in [2.45, 2.75) is 57.2 Å². The minimum Gasteiger partial charge on any atom is -0.381 e. The SMILES string of the molecule is O=C(C1CCOCC1)N1CCC[C@H]1[C@H]1CCCN1Cc1ccccc1. The second-order valence-corrected chi connectivity index (χ2v) is 7.79. The molecule has 0 aromatic heterocycles. The first kappa shape index (κ1) is 17.0. The third-order valence-corrected chi connectivity index (χ3v) is 6.24. The van der Waals surface area contributed by atoms with Gasteiger partial charge in [-0.1, -0.05) is 30.3 Å². The highest BCUT2D eigenvalue weighted by Gasteiger charge is 2.41. The molecule has 3 aliphatic heterocycles. The maximum atomic E-state index is 13.1. The quantitative estimate of drug-likeness (QED) is 0.843. The van der Waals surface area contributed by atoms with Crippen molar-refractivity contribution in [1.82, 2.24) is 9.80 Å². The van der Waals surface area contributed by atoms with E-state index in [-0.39, 0.29) is 5.92 Å². The van der Waals surface area contributed by atoms with E-state index < -0.39 is 0 Å². The van der Waals surface area contributed by atoms with E-state index in [4.69, 9.17) is 4.74 Å². The molecule has 4 rings (SSSR count). The molecule has 3 aliphatic rings. The molecular formula is C21H30N2O2. The summed E-state index contributed by atoms with van der Waals surface area (Å²) in [6.45, 7) is 4.63. The summed E-state index contributed by atoms with van der Waals surface area (Å²) >= 11 is 0. The highest BCUT2D eigenvalue weighted by atomic mass is 16.5. The zero-order valence-electron chi connectivity index (χ0n) is 15.1. The van der Waals surface area contributed by atoms with Crippen LogP contribution in [0.15, 0.2) is 30.3 Å². The van der Waals surface area contributed by atoms with E-state index in [1.165, 1.54) is 24.8 Å². The Morgan fingerprint density at radius 2 is 1.68 bits per heavy atom. The molecule has 0 bridgehead atoms. The van der Waals surface area contributed by atoms with Crippen molar-refractivity contribution >= 4 is 5.91 Å². The molecule has 0 N–H and O–H groups in total. The molecule has 0 radical (unpaired) electrons. The van der Waals surface area contributed by atoms with Crippen molar-refractivity contribution in [3.63, 3.8) is 0 Å². The van der Waals surface area contributed by atoms with Gasteiger partial charge in [-0.2, -0.15) is 0 Å². The minimum absolute atomic E-state index is 0.193. The van der Waals surface area contributed by atoms with E-state index in [0.29, 0.717) is 18.0 Å². The van der Waals surface area contributed by atoms with Crippen molar-refractivity contribution in [2.75, 3.05) is 26.3 Å². The van der Waals surface area contributed by atoms with Crippen LogP contribution in [0, 0.1) is 5.92 Å². The van der Waals surface area contributed by atoms with Gasteiger partial charge in [0.1, 0.15) is 0 Å². The highest BCUT2D eigenvalue weighted by molar-refractivity contribution is 5.79. The van der Waals surface area contributed by atoms with Gasteiger partial charge in [0.05, 0.1) is 0 Å². The second-order valence-electron chi connectivity index (χ2n) is 7.79. The summed E-state index contributed by atoms with van der Waals surface area (Å²) in [5, 5.41) is 0. The zero-order valence-corrected chi connectivity index (χ0v) is 15.1. The molecule has 0 saturated carbocycles. The lowest BCUT2D eigenvalue weighted by Crippen LogP contribution is -2.50. The monoisotopic (exact) mass is 342 g/mol. The minimum atomic E-state index is 0.193. The Morgan fingerprint density at radius 1 is 0.960 bits per heavy atom. The number of ether oxygens (including phenoxy) is 1.